The number of rotatable bonds is 11. The standard InChI is InChI=1S/C30H27F3N2O6S/c1-3-4-15-41-22-9-12-24(13-10-22)42(38,39)34-27(29(36)37)16-21-19-35(28-14-11-23(40-2)17-25(21)28)18-20-7-5-6-8-26(20)30(31,32)33/h5-14,17,19,27,34H,15-16,18H2,1-2H3,(H,36,37)/t27-/m0/s1. The van der Waals surface area contributed by atoms with Gasteiger partial charge in [-0.2, -0.15) is 17.9 Å². The average molecular weight is 601 g/mol. The van der Waals surface area contributed by atoms with Gasteiger partial charge < -0.3 is 19.1 Å². The van der Waals surface area contributed by atoms with Crippen LogP contribution in [0.3, 0.4) is 0 Å². The van der Waals surface area contributed by atoms with Crippen molar-refractivity contribution in [1.82, 2.24) is 9.29 Å². The van der Waals surface area contributed by atoms with E-state index >= 15 is 0 Å². The number of aliphatic carboxylic acids is 1. The molecule has 0 aliphatic heterocycles. The first kappa shape index (κ1) is 30.5. The number of carbonyl (C=O) groups is 1. The lowest BCUT2D eigenvalue weighted by Crippen LogP contribution is -2.42. The highest BCUT2D eigenvalue weighted by Gasteiger charge is 2.33. The van der Waals surface area contributed by atoms with Crippen LogP contribution < -0.4 is 14.2 Å². The summed E-state index contributed by atoms with van der Waals surface area (Å²) in [7, 11) is -2.82. The molecule has 0 spiro atoms. The third-order valence-corrected chi connectivity index (χ3v) is 7.96. The Bertz CT molecular complexity index is 1750. The Balaban J connectivity index is 1.65. The first-order chi connectivity index (χ1) is 19.9. The van der Waals surface area contributed by atoms with Gasteiger partial charge in [0.1, 0.15) is 24.1 Å². The van der Waals surface area contributed by atoms with Crippen molar-refractivity contribution in [2.24, 2.45) is 0 Å². The maximum absolute atomic E-state index is 13.7. The van der Waals surface area contributed by atoms with Crippen molar-refractivity contribution in [3.05, 3.63) is 89.6 Å². The first-order valence-electron chi connectivity index (χ1n) is 12.6. The van der Waals surface area contributed by atoms with Crippen LogP contribution in [0.2, 0.25) is 0 Å². The van der Waals surface area contributed by atoms with Gasteiger partial charge >= 0.3 is 12.1 Å². The average Bonchev–Trinajstić information content (AvgIpc) is 3.28. The number of hydrogen-bond acceptors (Lipinski definition) is 5. The Kier molecular flexibility index (Phi) is 9.14. The largest absolute Gasteiger partial charge is 0.497 e. The van der Waals surface area contributed by atoms with E-state index in [1.54, 1.807) is 29.7 Å². The van der Waals surface area contributed by atoms with Crippen molar-refractivity contribution in [3.8, 4) is 23.3 Å². The van der Waals surface area contributed by atoms with Crippen LogP contribution in [0.1, 0.15) is 23.6 Å². The lowest BCUT2D eigenvalue weighted by molar-refractivity contribution is -0.139. The van der Waals surface area contributed by atoms with Gasteiger partial charge in [-0.3, -0.25) is 4.79 Å². The van der Waals surface area contributed by atoms with Crippen molar-refractivity contribution >= 4 is 26.9 Å². The Morgan fingerprint density at radius 3 is 2.38 bits per heavy atom. The van der Waals surface area contributed by atoms with Crippen molar-refractivity contribution in [2.45, 2.75) is 37.0 Å². The maximum atomic E-state index is 13.7. The van der Waals surface area contributed by atoms with Gasteiger partial charge in [0.05, 0.1) is 17.6 Å². The van der Waals surface area contributed by atoms with E-state index in [9.17, 15) is 31.5 Å². The predicted octanol–water partition coefficient (Wildman–Crippen LogP) is 5.09. The van der Waals surface area contributed by atoms with E-state index in [0.29, 0.717) is 28.0 Å². The molecule has 0 amide bonds. The second-order valence-electron chi connectivity index (χ2n) is 9.22. The molecule has 3 aromatic carbocycles. The summed E-state index contributed by atoms with van der Waals surface area (Å²) in [6, 6.07) is 14.0. The summed E-state index contributed by atoms with van der Waals surface area (Å²) < 4.78 is 81.6. The van der Waals surface area contributed by atoms with Crippen molar-refractivity contribution in [2.75, 3.05) is 13.7 Å². The molecule has 4 rings (SSSR count). The predicted molar refractivity (Wildman–Crippen MR) is 150 cm³/mol. The number of ether oxygens (including phenoxy) is 2. The number of fused-ring (bicyclic) bond motifs is 1. The molecule has 0 saturated carbocycles. The molecule has 0 aliphatic carbocycles. The van der Waals surface area contributed by atoms with Crippen LogP contribution in [-0.2, 0) is 34.0 Å². The van der Waals surface area contributed by atoms with Crippen molar-refractivity contribution in [3.63, 3.8) is 0 Å². The second kappa shape index (κ2) is 12.6. The number of methoxy groups -OCH3 is 1. The number of hydrogen-bond donors (Lipinski definition) is 2. The van der Waals surface area contributed by atoms with Crippen LogP contribution in [0.25, 0.3) is 10.9 Å². The number of carboxylic acids is 1. The number of benzene rings is 3. The number of sulfonamides is 1. The quantitative estimate of drug-likeness (QED) is 0.232. The highest BCUT2D eigenvalue weighted by Crippen LogP contribution is 2.34. The van der Waals surface area contributed by atoms with Crippen LogP contribution >= 0.6 is 0 Å². The van der Waals surface area contributed by atoms with Gasteiger partial charge in [-0.15, -0.1) is 5.92 Å². The van der Waals surface area contributed by atoms with E-state index in [2.05, 4.69) is 16.6 Å². The Labute approximate surface area is 240 Å². The molecule has 2 N–H and O–H groups in total. The normalized spacial score (nSPS) is 12.4. The first-order valence-corrected chi connectivity index (χ1v) is 14.1. The van der Waals surface area contributed by atoms with Crippen molar-refractivity contribution < 1.29 is 41.0 Å². The minimum Gasteiger partial charge on any atom is -0.497 e. The molecule has 0 aliphatic rings. The second-order valence-corrected chi connectivity index (χ2v) is 10.9. The molecule has 220 valence electrons. The maximum Gasteiger partial charge on any atom is 0.416 e. The minimum absolute atomic E-state index is 0.0221. The molecule has 1 atom stereocenters. The molecule has 12 heteroatoms. The van der Waals surface area contributed by atoms with Crippen LogP contribution in [0, 0.1) is 11.8 Å². The van der Waals surface area contributed by atoms with E-state index in [1.807, 2.05) is 0 Å². The van der Waals surface area contributed by atoms with Crippen LogP contribution in [0.4, 0.5) is 13.2 Å². The Morgan fingerprint density at radius 1 is 1.05 bits per heavy atom. The molecule has 42 heavy (non-hydrogen) atoms. The number of halogens is 3. The summed E-state index contributed by atoms with van der Waals surface area (Å²) in [6.07, 6.45) is -3.32. The summed E-state index contributed by atoms with van der Waals surface area (Å²) in [5.41, 5.74) is 0.170. The number of carboxylic acid groups (broad SMARTS) is 1. The fraction of sp³-hybridized carbons (Fsp3) is 0.233. The molecule has 1 heterocycles. The van der Waals surface area contributed by atoms with E-state index in [0.717, 1.165) is 6.07 Å². The fourth-order valence-corrected chi connectivity index (χ4v) is 5.64. The summed E-state index contributed by atoms with van der Waals surface area (Å²) >= 11 is 0. The molecule has 0 saturated heterocycles. The fourth-order valence-electron chi connectivity index (χ4n) is 4.45. The summed E-state index contributed by atoms with van der Waals surface area (Å²) in [5.74, 6) is 4.80. The zero-order valence-electron chi connectivity index (χ0n) is 22.6. The Hall–Kier alpha value is -4.47. The highest BCUT2D eigenvalue weighted by molar-refractivity contribution is 7.89. The third-order valence-electron chi connectivity index (χ3n) is 6.48. The van der Waals surface area contributed by atoms with Crippen LogP contribution in [0.15, 0.2) is 77.8 Å². The Morgan fingerprint density at radius 2 is 1.74 bits per heavy atom. The van der Waals surface area contributed by atoms with E-state index in [4.69, 9.17) is 9.47 Å². The smallest absolute Gasteiger partial charge is 0.416 e. The van der Waals surface area contributed by atoms with Crippen molar-refractivity contribution in [1.29, 1.82) is 0 Å². The van der Waals surface area contributed by atoms with Gasteiger partial charge in [0.15, 0.2) is 0 Å². The summed E-state index contributed by atoms with van der Waals surface area (Å²) in [4.78, 5) is 12.0. The van der Waals surface area contributed by atoms with Gasteiger partial charge in [0.25, 0.3) is 0 Å². The van der Waals surface area contributed by atoms with E-state index < -0.39 is 33.8 Å². The SMILES string of the molecule is CC#CCOc1ccc(S(=O)(=O)N[C@@H](Cc2cn(Cc3ccccc3C(F)(F)F)c3ccc(OC)cc23)C(=O)O)cc1. The van der Waals surface area contributed by atoms with Crippen LogP contribution in [-0.4, -0.2) is 43.8 Å². The number of nitrogens with one attached hydrogen (secondary N) is 1. The molecule has 0 bridgehead atoms. The molecule has 0 fully saturated rings. The summed E-state index contributed by atoms with van der Waals surface area (Å²) in [6.45, 7) is 1.63. The molecule has 0 unspecified atom stereocenters. The third kappa shape index (κ3) is 7.05. The number of alkyl halides is 3. The van der Waals surface area contributed by atoms with Crippen LogP contribution in [0.5, 0.6) is 11.5 Å². The summed E-state index contributed by atoms with van der Waals surface area (Å²) in [5, 5.41) is 10.4. The zero-order valence-corrected chi connectivity index (χ0v) is 23.4. The molecule has 0 radical (unpaired) electrons. The molecule has 8 nitrogen and oxygen atoms in total. The van der Waals surface area contributed by atoms with Gasteiger partial charge in [-0.25, -0.2) is 8.42 Å². The van der Waals surface area contributed by atoms with E-state index in [-0.39, 0.29) is 30.0 Å². The molecule has 1 aromatic heterocycles. The molecule has 4 aromatic rings. The number of aromatic nitrogens is 1. The van der Waals surface area contributed by atoms with Gasteiger partial charge in [0.2, 0.25) is 10.0 Å². The topological polar surface area (TPSA) is 107 Å². The zero-order chi connectivity index (χ0) is 30.5. The van der Waals surface area contributed by atoms with Gasteiger partial charge in [-0.05, 0) is 66.6 Å². The minimum atomic E-state index is -4.56. The van der Waals surface area contributed by atoms with Gasteiger partial charge in [-0.1, -0.05) is 24.1 Å². The lowest BCUT2D eigenvalue weighted by atomic mass is 10.1. The molecular formula is C30H27F3N2O6S. The monoisotopic (exact) mass is 600 g/mol. The lowest BCUT2D eigenvalue weighted by Gasteiger charge is -2.15. The molecular weight excluding hydrogens is 573 g/mol. The van der Waals surface area contributed by atoms with E-state index in [1.165, 1.54) is 55.8 Å². The highest BCUT2D eigenvalue weighted by atomic mass is 32.2. The number of nitrogens with zero attached hydrogens (tertiary/aromatic N) is 1. The van der Waals surface area contributed by atoms with Gasteiger partial charge in [0, 0.05) is 30.1 Å².